The maximum absolute atomic E-state index is 5.77. The molecule has 2 heterocycles. The molecule has 3 N–H and O–H groups in total. The second-order valence-corrected chi connectivity index (χ2v) is 4.70. The van der Waals surface area contributed by atoms with E-state index < -0.39 is 0 Å². The van der Waals surface area contributed by atoms with E-state index in [1.54, 1.807) is 18.5 Å². The van der Waals surface area contributed by atoms with Gasteiger partial charge in [0.1, 0.15) is 4.99 Å². The van der Waals surface area contributed by atoms with Crippen LogP contribution in [0.15, 0.2) is 47.2 Å². The van der Waals surface area contributed by atoms with Crippen LogP contribution in [0.4, 0.5) is 5.69 Å². The molecule has 1 aromatic carbocycles. The molecule has 0 bridgehead atoms. The average molecular weight is 284 g/mol. The molecule has 5 nitrogen and oxygen atoms in total. The minimum Gasteiger partial charge on any atom is -0.389 e. The van der Waals surface area contributed by atoms with Crippen molar-refractivity contribution < 1.29 is 4.52 Å². The molecule has 100 valence electrons. The number of pyridine rings is 1. The Morgan fingerprint density at radius 2 is 2.15 bits per heavy atom. The van der Waals surface area contributed by atoms with E-state index in [9.17, 15) is 0 Å². The highest BCUT2D eigenvalue weighted by atomic mass is 32.1. The Hall–Kier alpha value is -2.47. The fraction of sp³-hybridized carbons (Fsp3) is 0.0714. The zero-order valence-corrected chi connectivity index (χ0v) is 11.4. The van der Waals surface area contributed by atoms with E-state index in [1.165, 1.54) is 0 Å². The Morgan fingerprint density at radius 1 is 1.30 bits per heavy atom. The van der Waals surface area contributed by atoms with Gasteiger partial charge in [-0.25, -0.2) is 0 Å². The minimum absolute atomic E-state index is 0.309. The number of rotatable bonds is 4. The molecule has 0 radical (unpaired) electrons. The van der Waals surface area contributed by atoms with Crippen molar-refractivity contribution in [1.29, 1.82) is 0 Å². The SMILES string of the molecule is NC(=S)c1cnc2ccccc2c1NCc1ccno1. The van der Waals surface area contributed by atoms with Gasteiger partial charge in [0.15, 0.2) is 5.76 Å². The van der Waals surface area contributed by atoms with Gasteiger partial charge in [-0.1, -0.05) is 35.6 Å². The fourth-order valence-electron chi connectivity index (χ4n) is 2.03. The molecule has 0 atom stereocenters. The molecule has 0 saturated carbocycles. The summed E-state index contributed by atoms with van der Waals surface area (Å²) in [5.41, 5.74) is 8.23. The zero-order valence-electron chi connectivity index (χ0n) is 10.5. The zero-order chi connectivity index (χ0) is 13.9. The van der Waals surface area contributed by atoms with Gasteiger partial charge in [-0.05, 0) is 6.07 Å². The van der Waals surface area contributed by atoms with E-state index in [1.807, 2.05) is 24.3 Å². The number of benzene rings is 1. The number of anilines is 1. The monoisotopic (exact) mass is 284 g/mol. The molecule has 0 aliphatic heterocycles. The molecule has 0 unspecified atom stereocenters. The van der Waals surface area contributed by atoms with Crippen molar-refractivity contribution in [2.24, 2.45) is 5.73 Å². The largest absolute Gasteiger partial charge is 0.389 e. The van der Waals surface area contributed by atoms with Crippen LogP contribution in [-0.2, 0) is 6.54 Å². The van der Waals surface area contributed by atoms with Gasteiger partial charge in [0.25, 0.3) is 0 Å². The van der Waals surface area contributed by atoms with Crippen molar-refractivity contribution in [3.05, 3.63) is 54.0 Å². The van der Waals surface area contributed by atoms with Crippen molar-refractivity contribution in [2.45, 2.75) is 6.54 Å². The van der Waals surface area contributed by atoms with E-state index in [0.29, 0.717) is 11.5 Å². The van der Waals surface area contributed by atoms with Crippen LogP contribution in [0, 0.1) is 0 Å². The first kappa shape index (κ1) is 12.6. The Kier molecular flexibility index (Phi) is 3.30. The molecule has 0 fully saturated rings. The molecular formula is C14H12N4OS. The van der Waals surface area contributed by atoms with Crippen LogP contribution in [0.5, 0.6) is 0 Å². The van der Waals surface area contributed by atoms with Crippen molar-refractivity contribution >= 4 is 33.8 Å². The second-order valence-electron chi connectivity index (χ2n) is 4.26. The molecule has 6 heteroatoms. The molecule has 0 aliphatic rings. The molecule has 0 amide bonds. The molecule has 0 saturated heterocycles. The first-order valence-electron chi connectivity index (χ1n) is 6.06. The summed E-state index contributed by atoms with van der Waals surface area (Å²) in [6.45, 7) is 0.504. The van der Waals surface area contributed by atoms with E-state index in [0.717, 1.165) is 27.9 Å². The predicted molar refractivity (Wildman–Crippen MR) is 81.5 cm³/mol. The number of aromatic nitrogens is 2. The quantitative estimate of drug-likeness (QED) is 0.717. The molecule has 0 spiro atoms. The van der Waals surface area contributed by atoms with Gasteiger partial charge in [-0.3, -0.25) is 4.98 Å². The lowest BCUT2D eigenvalue weighted by Gasteiger charge is -2.12. The number of fused-ring (bicyclic) bond motifs is 1. The number of para-hydroxylation sites is 1. The molecule has 3 rings (SSSR count). The van der Waals surface area contributed by atoms with Gasteiger partial charge in [-0.2, -0.15) is 0 Å². The summed E-state index contributed by atoms with van der Waals surface area (Å²) in [7, 11) is 0. The Morgan fingerprint density at radius 3 is 2.90 bits per heavy atom. The summed E-state index contributed by atoms with van der Waals surface area (Å²) in [5.74, 6) is 0.736. The number of nitrogens with one attached hydrogen (secondary N) is 1. The van der Waals surface area contributed by atoms with Crippen LogP contribution < -0.4 is 11.1 Å². The highest BCUT2D eigenvalue weighted by molar-refractivity contribution is 7.80. The van der Waals surface area contributed by atoms with Crippen molar-refractivity contribution in [2.75, 3.05) is 5.32 Å². The number of hydrogen-bond donors (Lipinski definition) is 2. The lowest BCUT2D eigenvalue weighted by atomic mass is 10.1. The smallest absolute Gasteiger partial charge is 0.155 e. The lowest BCUT2D eigenvalue weighted by molar-refractivity contribution is 0.388. The van der Waals surface area contributed by atoms with Crippen molar-refractivity contribution in [3.63, 3.8) is 0 Å². The van der Waals surface area contributed by atoms with Crippen molar-refractivity contribution in [1.82, 2.24) is 10.1 Å². The summed E-state index contributed by atoms with van der Waals surface area (Å²) in [5, 5.41) is 7.94. The van der Waals surface area contributed by atoms with E-state index in [2.05, 4.69) is 15.5 Å². The minimum atomic E-state index is 0.309. The maximum Gasteiger partial charge on any atom is 0.155 e. The fourth-order valence-corrected chi connectivity index (χ4v) is 2.18. The summed E-state index contributed by atoms with van der Waals surface area (Å²) in [6.07, 6.45) is 3.30. The van der Waals surface area contributed by atoms with E-state index >= 15 is 0 Å². The third-order valence-electron chi connectivity index (χ3n) is 2.97. The number of nitrogens with two attached hydrogens (primary N) is 1. The summed E-state index contributed by atoms with van der Waals surface area (Å²) in [4.78, 5) is 4.67. The molecule has 20 heavy (non-hydrogen) atoms. The van der Waals surface area contributed by atoms with Gasteiger partial charge < -0.3 is 15.6 Å². The van der Waals surface area contributed by atoms with Crippen LogP contribution in [0.2, 0.25) is 0 Å². The van der Waals surface area contributed by atoms with Crippen molar-refractivity contribution in [3.8, 4) is 0 Å². The normalized spacial score (nSPS) is 10.6. The van der Waals surface area contributed by atoms with Crippen LogP contribution in [0.1, 0.15) is 11.3 Å². The highest BCUT2D eigenvalue weighted by Crippen LogP contribution is 2.26. The van der Waals surface area contributed by atoms with E-state index in [4.69, 9.17) is 22.5 Å². The summed E-state index contributed by atoms with van der Waals surface area (Å²) < 4.78 is 5.08. The number of hydrogen-bond acceptors (Lipinski definition) is 5. The lowest BCUT2D eigenvalue weighted by Crippen LogP contribution is -2.14. The number of thiocarbonyl (C=S) groups is 1. The van der Waals surface area contributed by atoms with Gasteiger partial charge >= 0.3 is 0 Å². The molecule has 2 aromatic heterocycles. The molecule has 3 aromatic rings. The predicted octanol–water partition coefficient (Wildman–Crippen LogP) is 2.47. The summed E-state index contributed by atoms with van der Waals surface area (Å²) in [6, 6.07) is 9.62. The first-order chi connectivity index (χ1) is 9.75. The number of nitrogens with zero attached hydrogens (tertiary/aromatic N) is 2. The van der Waals surface area contributed by atoms with E-state index in [-0.39, 0.29) is 0 Å². The maximum atomic E-state index is 5.77. The topological polar surface area (TPSA) is 77.0 Å². The van der Waals surface area contributed by atoms with Crippen LogP contribution >= 0.6 is 12.2 Å². The van der Waals surface area contributed by atoms with Gasteiger partial charge in [0.2, 0.25) is 0 Å². The third kappa shape index (κ3) is 2.33. The van der Waals surface area contributed by atoms with Crippen LogP contribution in [0.3, 0.4) is 0 Å². The van der Waals surface area contributed by atoms with Crippen LogP contribution in [-0.4, -0.2) is 15.1 Å². The average Bonchev–Trinajstić information content (AvgIpc) is 2.97. The van der Waals surface area contributed by atoms with Gasteiger partial charge in [0, 0.05) is 17.6 Å². The molecular weight excluding hydrogens is 272 g/mol. The Balaban J connectivity index is 2.05. The van der Waals surface area contributed by atoms with Crippen LogP contribution in [0.25, 0.3) is 10.9 Å². The standard InChI is InChI=1S/C14H12N4OS/c15-14(20)11-8-16-12-4-2-1-3-10(12)13(11)17-7-9-5-6-18-19-9/h1-6,8H,7H2,(H2,15,20)(H,16,17). The first-order valence-corrected chi connectivity index (χ1v) is 6.47. The third-order valence-corrected chi connectivity index (χ3v) is 3.19. The highest BCUT2D eigenvalue weighted by Gasteiger charge is 2.11. The summed E-state index contributed by atoms with van der Waals surface area (Å²) >= 11 is 5.09. The second kappa shape index (κ2) is 5.26. The molecule has 0 aliphatic carbocycles. The Bertz CT molecular complexity index is 755. The van der Waals surface area contributed by atoms with Gasteiger partial charge in [-0.15, -0.1) is 0 Å². The Labute approximate surface area is 120 Å². The van der Waals surface area contributed by atoms with Gasteiger partial charge in [0.05, 0.1) is 29.5 Å².